The second-order valence-corrected chi connectivity index (χ2v) is 5.88. The van der Waals surface area contributed by atoms with Crippen LogP contribution in [0.25, 0.3) is 6.08 Å². The van der Waals surface area contributed by atoms with Crippen LogP contribution in [0.15, 0.2) is 54.9 Å². The third-order valence-electron chi connectivity index (χ3n) is 3.75. The molecule has 3 rings (SSSR count). The number of carbonyl (C=O) groups excluding carboxylic acids is 2. The molecule has 0 saturated carbocycles. The highest BCUT2D eigenvalue weighted by Crippen LogP contribution is 2.24. The van der Waals surface area contributed by atoms with Crippen LogP contribution in [0.1, 0.15) is 12.0 Å². The smallest absolute Gasteiger partial charge is 0.249 e. The van der Waals surface area contributed by atoms with Crippen LogP contribution in [0.3, 0.4) is 0 Å². The van der Waals surface area contributed by atoms with Crippen LogP contribution in [-0.4, -0.2) is 29.4 Å². The Kier molecular flexibility index (Phi) is 4.91. The Bertz CT molecular complexity index is 777. The Morgan fingerprint density at radius 3 is 2.96 bits per heavy atom. The molecule has 1 aromatic heterocycles. The number of anilines is 1. The zero-order valence-corrected chi connectivity index (χ0v) is 13.6. The van der Waals surface area contributed by atoms with E-state index in [0.717, 1.165) is 11.3 Å². The minimum absolute atomic E-state index is 0.125. The highest BCUT2D eigenvalue weighted by Gasteiger charge is 2.33. The number of nitrogens with one attached hydrogen (secondary N) is 1. The van der Waals surface area contributed by atoms with Gasteiger partial charge in [0.2, 0.25) is 11.8 Å². The van der Waals surface area contributed by atoms with Crippen LogP contribution in [0, 0.1) is 0 Å². The maximum atomic E-state index is 12.5. The molecule has 1 atom stereocenters. The second kappa shape index (κ2) is 7.27. The Morgan fingerprint density at radius 2 is 2.21 bits per heavy atom. The number of nitrogens with zero attached hydrogens (tertiary/aromatic N) is 2. The maximum absolute atomic E-state index is 12.5. The van der Waals surface area contributed by atoms with Gasteiger partial charge in [-0.15, -0.1) is 0 Å². The molecule has 2 amide bonds. The number of halogens is 1. The van der Waals surface area contributed by atoms with Gasteiger partial charge in [0.25, 0.3) is 0 Å². The molecule has 24 heavy (non-hydrogen) atoms. The van der Waals surface area contributed by atoms with Gasteiger partial charge in [-0.05, 0) is 42.3 Å². The first-order valence-electron chi connectivity index (χ1n) is 7.59. The van der Waals surface area contributed by atoms with Crippen molar-refractivity contribution in [1.82, 2.24) is 10.3 Å². The monoisotopic (exact) mass is 341 g/mol. The predicted octanol–water partition coefficient (Wildman–Crippen LogP) is 2.67. The number of hydrogen-bond donors (Lipinski definition) is 1. The Labute approximate surface area is 145 Å². The van der Waals surface area contributed by atoms with Crippen LogP contribution in [0.5, 0.6) is 0 Å². The summed E-state index contributed by atoms with van der Waals surface area (Å²) in [6.07, 6.45) is 6.96. The fourth-order valence-electron chi connectivity index (χ4n) is 2.58. The van der Waals surface area contributed by atoms with Crippen LogP contribution >= 0.6 is 11.6 Å². The molecule has 2 aromatic rings. The summed E-state index contributed by atoms with van der Waals surface area (Å²) in [5, 5.41) is 3.32. The fourth-order valence-corrected chi connectivity index (χ4v) is 2.77. The standard InChI is InChI=1S/C18H16ClN3O2/c19-14-4-1-5-15(11-14)22-10-8-16(18(22)24)21-17(23)7-6-13-3-2-9-20-12-13/h1-7,9,11-12,16H,8,10H2,(H,21,23)/b7-6+/t16-/m0/s1. The van der Waals surface area contributed by atoms with Crippen molar-refractivity contribution in [2.75, 3.05) is 11.4 Å². The molecule has 1 fully saturated rings. The SMILES string of the molecule is O=C(/C=C/c1cccnc1)N[C@H]1CCN(c2cccc(Cl)c2)C1=O. The quantitative estimate of drug-likeness (QED) is 0.870. The van der Waals surface area contributed by atoms with Gasteiger partial charge in [0.1, 0.15) is 6.04 Å². The Hall–Kier alpha value is -2.66. The van der Waals surface area contributed by atoms with Crippen LogP contribution in [0.4, 0.5) is 5.69 Å². The highest BCUT2D eigenvalue weighted by atomic mass is 35.5. The zero-order chi connectivity index (χ0) is 16.9. The van der Waals surface area contributed by atoms with E-state index in [0.29, 0.717) is 18.0 Å². The van der Waals surface area contributed by atoms with Crippen LogP contribution < -0.4 is 10.2 Å². The third kappa shape index (κ3) is 3.81. The molecule has 1 aliphatic heterocycles. The topological polar surface area (TPSA) is 62.3 Å². The molecule has 1 saturated heterocycles. The maximum Gasteiger partial charge on any atom is 0.249 e. The number of carbonyl (C=O) groups is 2. The number of amides is 2. The van der Waals surface area contributed by atoms with Gasteiger partial charge in [0.05, 0.1) is 0 Å². The summed E-state index contributed by atoms with van der Waals surface area (Å²) in [6.45, 7) is 0.552. The molecule has 6 heteroatoms. The first-order valence-corrected chi connectivity index (χ1v) is 7.97. The van der Waals surface area contributed by atoms with Gasteiger partial charge in [-0.3, -0.25) is 14.6 Å². The molecule has 0 radical (unpaired) electrons. The summed E-state index contributed by atoms with van der Waals surface area (Å²) < 4.78 is 0. The summed E-state index contributed by atoms with van der Waals surface area (Å²) >= 11 is 5.97. The van der Waals surface area contributed by atoms with E-state index >= 15 is 0 Å². The number of rotatable bonds is 4. The summed E-state index contributed by atoms with van der Waals surface area (Å²) in [5.74, 6) is -0.425. The number of hydrogen-bond acceptors (Lipinski definition) is 3. The molecule has 1 N–H and O–H groups in total. The van der Waals surface area contributed by atoms with Gasteiger partial charge in [0.15, 0.2) is 0 Å². The molecule has 122 valence electrons. The van der Waals surface area contributed by atoms with Gasteiger partial charge in [-0.25, -0.2) is 0 Å². The normalized spacial score (nSPS) is 17.5. The van der Waals surface area contributed by atoms with E-state index in [1.807, 2.05) is 12.1 Å². The van der Waals surface area contributed by atoms with Crippen molar-refractivity contribution in [2.45, 2.75) is 12.5 Å². The lowest BCUT2D eigenvalue weighted by atomic mass is 10.2. The zero-order valence-electron chi connectivity index (χ0n) is 12.9. The highest BCUT2D eigenvalue weighted by molar-refractivity contribution is 6.31. The Morgan fingerprint density at radius 1 is 1.33 bits per heavy atom. The molecule has 2 heterocycles. The van der Waals surface area contributed by atoms with Gasteiger partial charge in [-0.1, -0.05) is 23.7 Å². The molecule has 0 unspecified atom stereocenters. The lowest BCUT2D eigenvalue weighted by molar-refractivity contribution is -0.123. The number of pyridine rings is 1. The first kappa shape index (κ1) is 16.2. The van der Waals surface area contributed by atoms with E-state index in [1.165, 1.54) is 6.08 Å². The summed E-state index contributed by atoms with van der Waals surface area (Å²) in [6, 6.07) is 10.2. The molecule has 5 nitrogen and oxygen atoms in total. The van der Waals surface area contributed by atoms with E-state index in [9.17, 15) is 9.59 Å². The van der Waals surface area contributed by atoms with E-state index < -0.39 is 6.04 Å². The Balaban J connectivity index is 1.61. The summed E-state index contributed by atoms with van der Waals surface area (Å²) in [4.78, 5) is 30.1. The molecule has 0 bridgehead atoms. The van der Waals surface area contributed by atoms with Gasteiger partial charge in [0, 0.05) is 35.7 Å². The molecular formula is C18H16ClN3O2. The average molecular weight is 342 g/mol. The third-order valence-corrected chi connectivity index (χ3v) is 3.99. The van der Waals surface area contributed by atoms with E-state index in [-0.39, 0.29) is 11.8 Å². The van der Waals surface area contributed by atoms with E-state index in [2.05, 4.69) is 10.3 Å². The molecule has 1 aliphatic rings. The lowest BCUT2D eigenvalue weighted by Crippen LogP contribution is -2.40. The summed E-state index contributed by atoms with van der Waals surface area (Å²) in [7, 11) is 0. The van der Waals surface area contributed by atoms with Crippen molar-refractivity contribution in [1.29, 1.82) is 0 Å². The predicted molar refractivity (Wildman–Crippen MR) is 93.6 cm³/mol. The number of aromatic nitrogens is 1. The minimum Gasteiger partial charge on any atom is -0.341 e. The van der Waals surface area contributed by atoms with Gasteiger partial charge >= 0.3 is 0 Å². The van der Waals surface area contributed by atoms with Crippen molar-refractivity contribution >= 4 is 35.2 Å². The van der Waals surface area contributed by atoms with Gasteiger partial charge in [-0.2, -0.15) is 0 Å². The molecule has 0 spiro atoms. The van der Waals surface area contributed by atoms with Crippen molar-refractivity contribution < 1.29 is 9.59 Å². The van der Waals surface area contributed by atoms with E-state index in [4.69, 9.17) is 11.6 Å². The largest absolute Gasteiger partial charge is 0.341 e. The average Bonchev–Trinajstić information content (AvgIpc) is 2.95. The second-order valence-electron chi connectivity index (χ2n) is 5.44. The van der Waals surface area contributed by atoms with E-state index in [1.54, 1.807) is 47.6 Å². The van der Waals surface area contributed by atoms with Crippen LogP contribution in [0.2, 0.25) is 5.02 Å². The van der Waals surface area contributed by atoms with Crippen LogP contribution in [-0.2, 0) is 9.59 Å². The molecule has 1 aromatic carbocycles. The summed E-state index contributed by atoms with van der Waals surface area (Å²) in [5.41, 5.74) is 1.57. The molecular weight excluding hydrogens is 326 g/mol. The van der Waals surface area contributed by atoms with Gasteiger partial charge < -0.3 is 10.2 Å². The van der Waals surface area contributed by atoms with Crippen molar-refractivity contribution in [3.8, 4) is 0 Å². The fraction of sp³-hybridized carbons (Fsp3) is 0.167. The van der Waals surface area contributed by atoms with Crippen molar-refractivity contribution in [2.24, 2.45) is 0 Å². The first-order chi connectivity index (χ1) is 11.6. The molecule has 0 aliphatic carbocycles. The lowest BCUT2D eigenvalue weighted by Gasteiger charge is -2.17. The minimum atomic E-state index is -0.518. The van der Waals surface area contributed by atoms with Crippen molar-refractivity contribution in [3.63, 3.8) is 0 Å². The number of benzene rings is 1. The van der Waals surface area contributed by atoms with Crippen molar-refractivity contribution in [3.05, 3.63) is 65.5 Å².